The van der Waals surface area contributed by atoms with Crippen LogP contribution in [0.4, 0.5) is 0 Å². The highest BCUT2D eigenvalue weighted by Crippen LogP contribution is 2.17. The van der Waals surface area contributed by atoms with Crippen LogP contribution in [-0.4, -0.2) is 32.9 Å². The first-order chi connectivity index (χ1) is 11.2. The summed E-state index contributed by atoms with van der Waals surface area (Å²) in [6, 6.07) is 14.3. The Hall–Kier alpha value is -3.02. The maximum absolute atomic E-state index is 11.7. The van der Waals surface area contributed by atoms with Crippen LogP contribution in [0.5, 0.6) is 17.2 Å². The predicted molar refractivity (Wildman–Crippen MR) is 87.2 cm³/mol. The SMILES string of the molecule is COc1ccc(OCC(=O)NN=Cc2ccccc2OC)cc1. The van der Waals surface area contributed by atoms with E-state index in [0.717, 1.165) is 11.3 Å². The third kappa shape index (κ3) is 5.03. The van der Waals surface area contributed by atoms with Gasteiger partial charge in [-0.3, -0.25) is 4.79 Å². The first kappa shape index (κ1) is 16.4. The average molecular weight is 314 g/mol. The van der Waals surface area contributed by atoms with E-state index in [1.54, 1.807) is 38.5 Å². The van der Waals surface area contributed by atoms with Gasteiger partial charge < -0.3 is 14.2 Å². The largest absolute Gasteiger partial charge is 0.497 e. The number of hydrogen-bond acceptors (Lipinski definition) is 5. The predicted octanol–water partition coefficient (Wildman–Crippen LogP) is 2.23. The highest BCUT2D eigenvalue weighted by atomic mass is 16.5. The standard InChI is InChI=1S/C17H18N2O4/c1-21-14-7-9-15(10-8-14)23-12-17(20)19-18-11-13-5-3-4-6-16(13)22-2/h3-11H,12H2,1-2H3,(H,19,20). The lowest BCUT2D eigenvalue weighted by Gasteiger charge is -2.06. The Morgan fingerprint density at radius 1 is 1.04 bits per heavy atom. The molecule has 0 radical (unpaired) electrons. The van der Waals surface area contributed by atoms with E-state index in [9.17, 15) is 4.79 Å². The molecule has 0 aromatic heterocycles. The number of benzene rings is 2. The molecule has 0 atom stereocenters. The fraction of sp³-hybridized carbons (Fsp3) is 0.176. The number of nitrogens with one attached hydrogen (secondary N) is 1. The van der Waals surface area contributed by atoms with Gasteiger partial charge in [0.15, 0.2) is 6.61 Å². The molecule has 0 saturated heterocycles. The Bertz CT molecular complexity index is 669. The van der Waals surface area contributed by atoms with Gasteiger partial charge in [0.05, 0.1) is 20.4 Å². The van der Waals surface area contributed by atoms with Gasteiger partial charge in [0, 0.05) is 5.56 Å². The van der Waals surface area contributed by atoms with E-state index in [1.165, 1.54) is 6.21 Å². The van der Waals surface area contributed by atoms with E-state index in [0.29, 0.717) is 11.5 Å². The third-order valence-corrected chi connectivity index (χ3v) is 2.96. The minimum absolute atomic E-state index is 0.129. The van der Waals surface area contributed by atoms with E-state index in [2.05, 4.69) is 10.5 Å². The van der Waals surface area contributed by atoms with Gasteiger partial charge in [-0.25, -0.2) is 5.43 Å². The van der Waals surface area contributed by atoms with Crippen LogP contribution in [-0.2, 0) is 4.79 Å². The second-order valence-corrected chi connectivity index (χ2v) is 4.50. The molecule has 2 aromatic rings. The van der Waals surface area contributed by atoms with E-state index >= 15 is 0 Å². The molecule has 23 heavy (non-hydrogen) atoms. The van der Waals surface area contributed by atoms with Crippen LogP contribution in [0.1, 0.15) is 5.56 Å². The van der Waals surface area contributed by atoms with Gasteiger partial charge >= 0.3 is 0 Å². The molecule has 0 spiro atoms. The Morgan fingerprint density at radius 2 is 1.74 bits per heavy atom. The fourth-order valence-electron chi connectivity index (χ4n) is 1.80. The quantitative estimate of drug-likeness (QED) is 0.628. The first-order valence-electron chi connectivity index (χ1n) is 6.94. The second-order valence-electron chi connectivity index (χ2n) is 4.50. The summed E-state index contributed by atoms with van der Waals surface area (Å²) >= 11 is 0. The van der Waals surface area contributed by atoms with Gasteiger partial charge in [-0.15, -0.1) is 0 Å². The molecule has 120 valence electrons. The maximum Gasteiger partial charge on any atom is 0.277 e. The number of hydrogen-bond donors (Lipinski definition) is 1. The van der Waals surface area contributed by atoms with Crippen molar-refractivity contribution in [1.82, 2.24) is 5.43 Å². The molecule has 0 fully saturated rings. The van der Waals surface area contributed by atoms with Gasteiger partial charge in [0.1, 0.15) is 17.2 Å². The van der Waals surface area contributed by atoms with Crippen molar-refractivity contribution in [1.29, 1.82) is 0 Å². The summed E-state index contributed by atoms with van der Waals surface area (Å²) in [7, 11) is 3.16. The van der Waals surface area contributed by atoms with Crippen molar-refractivity contribution in [3.05, 3.63) is 54.1 Å². The van der Waals surface area contributed by atoms with Gasteiger partial charge in [-0.1, -0.05) is 12.1 Å². The van der Waals surface area contributed by atoms with Gasteiger partial charge in [-0.2, -0.15) is 5.10 Å². The minimum atomic E-state index is -0.355. The first-order valence-corrected chi connectivity index (χ1v) is 6.94. The second kappa shape index (κ2) is 8.43. The number of para-hydroxylation sites is 1. The van der Waals surface area contributed by atoms with E-state index in [4.69, 9.17) is 14.2 Å². The summed E-state index contributed by atoms with van der Waals surface area (Å²) in [4.78, 5) is 11.7. The number of amides is 1. The van der Waals surface area contributed by atoms with Crippen LogP contribution in [0.25, 0.3) is 0 Å². The Balaban J connectivity index is 1.81. The number of carbonyl (C=O) groups excluding carboxylic acids is 1. The zero-order chi connectivity index (χ0) is 16.5. The monoisotopic (exact) mass is 314 g/mol. The molecule has 0 saturated carbocycles. The lowest BCUT2D eigenvalue weighted by Crippen LogP contribution is -2.24. The lowest BCUT2D eigenvalue weighted by atomic mass is 10.2. The molecule has 0 aliphatic rings. The normalized spacial score (nSPS) is 10.3. The number of hydrazone groups is 1. The summed E-state index contributed by atoms with van der Waals surface area (Å²) in [5, 5.41) is 3.89. The highest BCUT2D eigenvalue weighted by Gasteiger charge is 2.02. The molecule has 6 nitrogen and oxygen atoms in total. The zero-order valence-corrected chi connectivity index (χ0v) is 13.0. The summed E-state index contributed by atoms with van der Waals surface area (Å²) in [6.45, 7) is -0.129. The van der Waals surface area contributed by atoms with E-state index in [-0.39, 0.29) is 12.5 Å². The molecule has 1 amide bonds. The Labute approximate surface area is 134 Å². The minimum Gasteiger partial charge on any atom is -0.497 e. The maximum atomic E-state index is 11.7. The molecule has 0 aliphatic carbocycles. The van der Waals surface area contributed by atoms with Crippen molar-refractivity contribution >= 4 is 12.1 Å². The fourth-order valence-corrected chi connectivity index (χ4v) is 1.80. The Kier molecular flexibility index (Phi) is 5.99. The van der Waals surface area contributed by atoms with Crippen LogP contribution < -0.4 is 19.6 Å². The highest BCUT2D eigenvalue weighted by molar-refractivity contribution is 5.85. The number of ether oxygens (including phenoxy) is 3. The van der Waals surface area contributed by atoms with Gasteiger partial charge in [-0.05, 0) is 36.4 Å². The third-order valence-electron chi connectivity index (χ3n) is 2.96. The number of carbonyl (C=O) groups is 1. The molecule has 6 heteroatoms. The average Bonchev–Trinajstić information content (AvgIpc) is 2.61. The molecule has 2 rings (SSSR count). The molecular formula is C17H18N2O4. The molecule has 1 N–H and O–H groups in total. The van der Waals surface area contributed by atoms with Gasteiger partial charge in [0.2, 0.25) is 0 Å². The van der Waals surface area contributed by atoms with E-state index < -0.39 is 0 Å². The summed E-state index contributed by atoms with van der Waals surface area (Å²) in [5.74, 6) is 1.63. The number of rotatable bonds is 7. The van der Waals surface area contributed by atoms with Crippen molar-refractivity contribution in [2.24, 2.45) is 5.10 Å². The van der Waals surface area contributed by atoms with Crippen LogP contribution >= 0.6 is 0 Å². The van der Waals surface area contributed by atoms with Crippen molar-refractivity contribution in [2.45, 2.75) is 0 Å². The van der Waals surface area contributed by atoms with Crippen molar-refractivity contribution in [3.63, 3.8) is 0 Å². The molecule has 0 heterocycles. The summed E-state index contributed by atoms with van der Waals surface area (Å²) in [6.07, 6.45) is 1.52. The van der Waals surface area contributed by atoms with Crippen LogP contribution in [0, 0.1) is 0 Å². The summed E-state index contributed by atoms with van der Waals surface area (Å²) in [5.41, 5.74) is 3.17. The Morgan fingerprint density at radius 3 is 2.43 bits per heavy atom. The van der Waals surface area contributed by atoms with Crippen molar-refractivity contribution < 1.29 is 19.0 Å². The summed E-state index contributed by atoms with van der Waals surface area (Å²) < 4.78 is 15.6. The zero-order valence-electron chi connectivity index (χ0n) is 13.0. The molecule has 0 unspecified atom stereocenters. The van der Waals surface area contributed by atoms with Crippen molar-refractivity contribution in [2.75, 3.05) is 20.8 Å². The van der Waals surface area contributed by atoms with Crippen LogP contribution in [0.3, 0.4) is 0 Å². The molecular weight excluding hydrogens is 296 g/mol. The van der Waals surface area contributed by atoms with Crippen LogP contribution in [0.15, 0.2) is 53.6 Å². The molecule has 0 bridgehead atoms. The molecule has 0 aliphatic heterocycles. The topological polar surface area (TPSA) is 69.2 Å². The number of methoxy groups -OCH3 is 2. The van der Waals surface area contributed by atoms with E-state index in [1.807, 2.05) is 24.3 Å². The lowest BCUT2D eigenvalue weighted by molar-refractivity contribution is -0.123. The van der Waals surface area contributed by atoms with Crippen molar-refractivity contribution in [3.8, 4) is 17.2 Å². The van der Waals surface area contributed by atoms with Crippen LogP contribution in [0.2, 0.25) is 0 Å². The number of nitrogens with zero attached hydrogens (tertiary/aromatic N) is 1. The van der Waals surface area contributed by atoms with Gasteiger partial charge in [0.25, 0.3) is 5.91 Å². The smallest absolute Gasteiger partial charge is 0.277 e. The molecule has 2 aromatic carbocycles.